The Balaban J connectivity index is 0. The van der Waals surface area contributed by atoms with Gasteiger partial charge < -0.3 is 17.0 Å². The van der Waals surface area contributed by atoms with Crippen molar-refractivity contribution in [1.82, 2.24) is 0 Å². The molecule has 2 nitrogen and oxygen atoms in total. The van der Waals surface area contributed by atoms with Crippen molar-refractivity contribution >= 4 is 0 Å². The molecule has 34 valence electrons. The molecule has 0 unspecified atom stereocenters. The third-order valence-electron chi connectivity index (χ3n) is 0.204. The quantitative estimate of drug-likeness (QED) is 0.374. The fourth-order valence-electron chi connectivity index (χ4n) is 0. The summed E-state index contributed by atoms with van der Waals surface area (Å²) >= 11 is 0. The van der Waals surface area contributed by atoms with Crippen LogP contribution in [-0.4, -0.2) is 6.61 Å². The molecule has 3 N–H and O–H groups in total. The van der Waals surface area contributed by atoms with Crippen molar-refractivity contribution in [3.8, 4) is 0 Å². The van der Waals surface area contributed by atoms with Gasteiger partial charge in [0, 0.05) is 0 Å². The van der Waals surface area contributed by atoms with Crippen molar-refractivity contribution in [3.05, 3.63) is 0 Å². The Morgan fingerprint density at radius 3 is 2.00 bits per heavy atom. The van der Waals surface area contributed by atoms with E-state index in [4.69, 9.17) is 0 Å². The molecule has 0 spiro atoms. The van der Waals surface area contributed by atoms with Crippen LogP contribution in [0, 0.1) is 0 Å². The van der Waals surface area contributed by atoms with Gasteiger partial charge in [0.05, 0.1) is 0 Å². The highest BCUT2D eigenvalue weighted by molar-refractivity contribution is 3.88. The van der Waals surface area contributed by atoms with E-state index in [1.165, 1.54) is 0 Å². The summed E-state index contributed by atoms with van der Waals surface area (Å²) in [7, 11) is 0. The van der Waals surface area contributed by atoms with Crippen molar-refractivity contribution in [2.24, 2.45) is 0 Å². The monoisotopic (exact) mass is 141 g/mol. The molecule has 0 aromatic carbocycles. The molecule has 0 aliphatic heterocycles. The van der Waals surface area contributed by atoms with E-state index >= 15 is 0 Å². The Kier molecular flexibility index (Phi) is 16.0. The summed E-state index contributed by atoms with van der Waals surface area (Å²) in [5, 5.41) is 0. The van der Waals surface area contributed by atoms with Crippen LogP contribution in [0.3, 0.4) is 0 Å². The average Bonchev–Trinajstić information content (AvgIpc) is 1.37. The number of rotatable bonds is 1. The van der Waals surface area contributed by atoms with Crippen LogP contribution in [0.15, 0.2) is 0 Å². The van der Waals surface area contributed by atoms with E-state index in [1.54, 1.807) is 0 Å². The number of hydrogen-bond donors (Lipinski definition) is 1. The molecule has 0 radical (unpaired) electrons. The first kappa shape index (κ1) is 9.04. The van der Waals surface area contributed by atoms with E-state index in [1.807, 2.05) is 6.92 Å². The molecular formula is C2H8BrNO. The molecule has 0 amide bonds. The lowest BCUT2D eigenvalue weighted by molar-refractivity contribution is -0.688. The second kappa shape index (κ2) is 8.83. The molecule has 0 bridgehead atoms. The number of hydrogen-bond acceptors (Lipinski definition) is 1. The molecule has 0 heterocycles. The van der Waals surface area contributed by atoms with Crippen LogP contribution < -0.4 is 22.9 Å². The minimum Gasteiger partial charge on any atom is -1.00 e. The van der Waals surface area contributed by atoms with Gasteiger partial charge in [-0.1, -0.05) is 0 Å². The average molecular weight is 142 g/mol. The maximum absolute atomic E-state index is 4.29. The van der Waals surface area contributed by atoms with Crippen LogP contribution >= 0.6 is 0 Å². The van der Waals surface area contributed by atoms with E-state index in [0.717, 1.165) is 0 Å². The zero-order valence-corrected chi connectivity index (χ0v) is 4.79. The first-order valence-electron chi connectivity index (χ1n) is 1.28. The molecule has 0 saturated carbocycles. The molecule has 0 saturated heterocycles. The standard InChI is InChI=1S/C2H8NO.BrH/c1-2-4-3;/h2H2,1,3H3;1H/q+1;/p-1. The van der Waals surface area contributed by atoms with Gasteiger partial charge in [-0.15, -0.1) is 0 Å². The summed E-state index contributed by atoms with van der Waals surface area (Å²) in [4.78, 5) is 4.29. The van der Waals surface area contributed by atoms with Gasteiger partial charge in [-0.2, -0.15) is 0 Å². The van der Waals surface area contributed by atoms with E-state index in [9.17, 15) is 0 Å². The van der Waals surface area contributed by atoms with Crippen LogP contribution in [0.1, 0.15) is 6.92 Å². The van der Waals surface area contributed by atoms with Gasteiger partial charge in [-0.05, 0) is 6.92 Å². The second-order valence-electron chi connectivity index (χ2n) is 0.493. The first-order valence-corrected chi connectivity index (χ1v) is 1.28. The normalized spacial score (nSPS) is 6.00. The van der Waals surface area contributed by atoms with Crippen molar-refractivity contribution in [1.29, 1.82) is 0 Å². The summed E-state index contributed by atoms with van der Waals surface area (Å²) < 4.78 is 0. The maximum Gasteiger partial charge on any atom is 0.103 e. The smallest absolute Gasteiger partial charge is 0.103 e. The van der Waals surface area contributed by atoms with Crippen LogP contribution in [0.5, 0.6) is 0 Å². The predicted molar refractivity (Wildman–Crippen MR) is 14.5 cm³/mol. The Morgan fingerprint density at radius 2 is 2.00 bits per heavy atom. The summed E-state index contributed by atoms with van der Waals surface area (Å²) in [5.74, 6) is 3.10. The SMILES string of the molecule is CCO[NH3+].[Br-]. The predicted octanol–water partition coefficient (Wildman–Crippen LogP) is -3.82. The first-order chi connectivity index (χ1) is 1.91. The lowest BCUT2D eigenvalue weighted by atomic mass is 10.9. The lowest BCUT2D eigenvalue weighted by Gasteiger charge is -1.70. The van der Waals surface area contributed by atoms with Gasteiger partial charge in [-0.25, -0.2) is 10.7 Å². The Bertz CT molecular complexity index is 11.6. The van der Waals surface area contributed by atoms with Crippen LogP contribution in [-0.2, 0) is 4.84 Å². The highest BCUT2D eigenvalue weighted by Gasteiger charge is 1.56. The maximum atomic E-state index is 4.29. The largest absolute Gasteiger partial charge is 1.00 e. The zero-order valence-electron chi connectivity index (χ0n) is 3.20. The summed E-state index contributed by atoms with van der Waals surface area (Å²) in [6.45, 7) is 2.60. The summed E-state index contributed by atoms with van der Waals surface area (Å²) in [6.07, 6.45) is 0. The number of quaternary nitrogens is 1. The third-order valence-corrected chi connectivity index (χ3v) is 0.204. The van der Waals surface area contributed by atoms with Crippen molar-refractivity contribution in [2.45, 2.75) is 6.92 Å². The minimum absolute atomic E-state index is 0. The Labute approximate surface area is 42.0 Å². The molecule has 0 aliphatic carbocycles. The molecule has 0 aromatic heterocycles. The fourth-order valence-corrected chi connectivity index (χ4v) is 0. The Hall–Kier alpha value is 0.400. The minimum atomic E-state index is 0. The summed E-state index contributed by atoms with van der Waals surface area (Å²) in [6, 6.07) is 0. The fraction of sp³-hybridized carbons (Fsp3) is 1.00. The van der Waals surface area contributed by atoms with Crippen molar-refractivity contribution in [3.63, 3.8) is 0 Å². The molecule has 0 fully saturated rings. The highest BCUT2D eigenvalue weighted by Crippen LogP contribution is 1.42. The van der Waals surface area contributed by atoms with Gasteiger partial charge in [-0.3, -0.25) is 0 Å². The zero-order chi connectivity index (χ0) is 3.41. The van der Waals surface area contributed by atoms with Gasteiger partial charge in [0.2, 0.25) is 0 Å². The second-order valence-corrected chi connectivity index (χ2v) is 0.493. The molecule has 0 atom stereocenters. The van der Waals surface area contributed by atoms with E-state index in [-0.39, 0.29) is 17.0 Å². The molecule has 0 aromatic rings. The molecule has 0 rings (SSSR count). The van der Waals surface area contributed by atoms with Crippen LogP contribution in [0.25, 0.3) is 0 Å². The van der Waals surface area contributed by atoms with Gasteiger partial charge >= 0.3 is 0 Å². The third kappa shape index (κ3) is 12.9. The van der Waals surface area contributed by atoms with Crippen molar-refractivity contribution < 1.29 is 27.7 Å². The van der Waals surface area contributed by atoms with E-state index in [2.05, 4.69) is 10.7 Å². The van der Waals surface area contributed by atoms with Gasteiger partial charge in [0.1, 0.15) is 6.61 Å². The Morgan fingerprint density at radius 1 is 1.80 bits per heavy atom. The van der Waals surface area contributed by atoms with E-state index < -0.39 is 0 Å². The number of halogens is 1. The molecular weight excluding hydrogens is 134 g/mol. The van der Waals surface area contributed by atoms with Gasteiger partial charge in [0.15, 0.2) is 0 Å². The molecule has 5 heavy (non-hydrogen) atoms. The summed E-state index contributed by atoms with van der Waals surface area (Å²) in [5.41, 5.74) is 0. The van der Waals surface area contributed by atoms with Crippen molar-refractivity contribution in [2.75, 3.05) is 6.61 Å². The topological polar surface area (TPSA) is 36.9 Å². The van der Waals surface area contributed by atoms with Crippen LogP contribution in [0.4, 0.5) is 0 Å². The molecule has 0 aliphatic rings. The van der Waals surface area contributed by atoms with Gasteiger partial charge in [0.25, 0.3) is 0 Å². The highest BCUT2D eigenvalue weighted by atomic mass is 79.9. The van der Waals surface area contributed by atoms with E-state index in [0.29, 0.717) is 6.61 Å². The molecule has 3 heteroatoms. The lowest BCUT2D eigenvalue weighted by Crippen LogP contribution is -3.00. The van der Waals surface area contributed by atoms with Crippen LogP contribution in [0.2, 0.25) is 0 Å².